The van der Waals surface area contributed by atoms with Crippen LogP contribution in [-0.2, 0) is 32.2 Å². The van der Waals surface area contributed by atoms with Crippen LogP contribution in [-0.4, -0.2) is 103 Å². The fourth-order valence-corrected chi connectivity index (χ4v) is 7.88. The monoisotopic (exact) mass is 673 g/mol. The van der Waals surface area contributed by atoms with Crippen molar-refractivity contribution in [1.82, 2.24) is 39.0 Å². The normalized spacial score (nSPS) is 37.7. The molecule has 0 saturated carbocycles. The Bertz CT molecular complexity index is 1940. The number of aliphatic hydroxyl groups is 1. The van der Waals surface area contributed by atoms with Crippen LogP contribution >= 0.6 is 15.4 Å². The van der Waals surface area contributed by atoms with Gasteiger partial charge in [0.25, 0.3) is 5.56 Å². The number of anilines is 1. The van der Waals surface area contributed by atoms with Crippen molar-refractivity contribution in [2.45, 2.75) is 62.5 Å². The highest BCUT2D eigenvalue weighted by Gasteiger charge is 2.54. The summed E-state index contributed by atoms with van der Waals surface area (Å²) in [5.74, 6) is 0.255. The summed E-state index contributed by atoms with van der Waals surface area (Å²) >= 11 is 0. The second-order valence-corrected chi connectivity index (χ2v) is 14.0. The Morgan fingerprint density at radius 1 is 1.00 bits per heavy atom. The summed E-state index contributed by atoms with van der Waals surface area (Å²) in [6.07, 6.45) is -10.3. The van der Waals surface area contributed by atoms with Gasteiger partial charge < -0.3 is 35.1 Å². The average molecular weight is 673 g/mol. The van der Waals surface area contributed by atoms with Gasteiger partial charge in [0.1, 0.15) is 42.1 Å². The summed E-state index contributed by atoms with van der Waals surface area (Å²) in [7, 11) is -9.70. The van der Waals surface area contributed by atoms with Crippen molar-refractivity contribution in [3.05, 3.63) is 35.2 Å². The number of rotatable bonds is 2. The first-order valence-electron chi connectivity index (χ1n) is 13.5. The standard InChI is InChI=1S/C22H26FN9O11P2/c1-8-29-19-13(20(34)30-8)28-7-32(19)22-16-14(33)10(41-22)4-39-45(37,38)43-15-9(2-3-44(35,36)42-16)40-21(11(15)23)31-6-27-12-17(24)25-5-26-18(12)31/h5-7,9-11,14-16,21-22,33H,2-4H2,1H3,(H,35,36)(H,37,38)(H2,24,25,26)(H,29,30,34). The fraction of sp³-hybridized carbons (Fsp3) is 0.545. The lowest BCUT2D eigenvalue weighted by atomic mass is 10.1. The molecule has 0 radical (unpaired) electrons. The summed E-state index contributed by atoms with van der Waals surface area (Å²) in [5, 5.41) is 11.1. The molecule has 3 fully saturated rings. The third kappa shape index (κ3) is 5.38. The Kier molecular flexibility index (Phi) is 7.40. The molecule has 23 heteroatoms. The van der Waals surface area contributed by atoms with Crippen molar-refractivity contribution in [3.8, 4) is 0 Å². The minimum absolute atomic E-state index is 0.0231. The first-order chi connectivity index (χ1) is 21.3. The lowest BCUT2D eigenvalue weighted by molar-refractivity contribution is -0.0549. The van der Waals surface area contributed by atoms with Gasteiger partial charge in [-0.1, -0.05) is 0 Å². The smallest absolute Gasteiger partial charge is 0.387 e. The van der Waals surface area contributed by atoms with Crippen LogP contribution in [0.5, 0.6) is 0 Å². The van der Waals surface area contributed by atoms with E-state index in [9.17, 15) is 28.8 Å². The van der Waals surface area contributed by atoms with E-state index in [0.29, 0.717) is 0 Å². The summed E-state index contributed by atoms with van der Waals surface area (Å²) in [5.41, 5.74) is 5.48. The van der Waals surface area contributed by atoms with Gasteiger partial charge in [0.2, 0.25) is 0 Å². The first-order valence-corrected chi connectivity index (χ1v) is 16.7. The van der Waals surface area contributed by atoms with Crippen molar-refractivity contribution < 1.29 is 51.5 Å². The molecule has 0 aromatic carbocycles. The van der Waals surface area contributed by atoms with E-state index in [-0.39, 0.29) is 34.0 Å². The summed E-state index contributed by atoms with van der Waals surface area (Å²) < 4.78 is 72.4. The zero-order valence-electron chi connectivity index (χ0n) is 23.1. The summed E-state index contributed by atoms with van der Waals surface area (Å²) in [6.45, 7) is 0.734. The predicted molar refractivity (Wildman–Crippen MR) is 146 cm³/mol. The van der Waals surface area contributed by atoms with Crippen LogP contribution in [0.3, 0.4) is 0 Å². The number of halogens is 1. The molecule has 3 aliphatic rings. The summed E-state index contributed by atoms with van der Waals surface area (Å²) in [4.78, 5) is 56.6. The Morgan fingerprint density at radius 2 is 1.71 bits per heavy atom. The van der Waals surface area contributed by atoms with Crippen LogP contribution < -0.4 is 11.3 Å². The Morgan fingerprint density at radius 3 is 2.49 bits per heavy atom. The van der Waals surface area contributed by atoms with Gasteiger partial charge in [-0.15, -0.1) is 0 Å². The number of nitrogens with two attached hydrogens (primary N) is 1. The van der Waals surface area contributed by atoms with Crippen molar-refractivity contribution in [1.29, 1.82) is 0 Å². The van der Waals surface area contributed by atoms with Gasteiger partial charge in [0.15, 0.2) is 41.3 Å². The molecular weight excluding hydrogens is 647 g/mol. The van der Waals surface area contributed by atoms with Crippen molar-refractivity contribution in [2.24, 2.45) is 0 Å². The van der Waals surface area contributed by atoms with E-state index in [0.717, 1.165) is 6.33 Å². The van der Waals surface area contributed by atoms with E-state index in [1.807, 2.05) is 0 Å². The van der Waals surface area contributed by atoms with E-state index in [1.165, 1.54) is 28.7 Å². The highest BCUT2D eigenvalue weighted by atomic mass is 31.2. The molecule has 0 spiro atoms. The topological polar surface area (TPSA) is 274 Å². The predicted octanol–water partition coefficient (Wildman–Crippen LogP) is -0.180. The number of alkyl halides is 1. The highest BCUT2D eigenvalue weighted by molar-refractivity contribution is 7.52. The Balaban J connectivity index is 1.21. The fourth-order valence-electron chi connectivity index (χ4n) is 5.63. The van der Waals surface area contributed by atoms with E-state index in [4.69, 9.17) is 28.8 Å². The van der Waals surface area contributed by atoms with E-state index in [2.05, 4.69) is 29.9 Å². The van der Waals surface area contributed by atoms with Crippen molar-refractivity contribution in [2.75, 3.05) is 18.5 Å². The molecule has 7 heterocycles. The van der Waals surface area contributed by atoms with Gasteiger partial charge in [-0.25, -0.2) is 33.9 Å². The largest absolute Gasteiger partial charge is 0.472 e. The molecule has 10 unspecified atom stereocenters. The number of aromatic amines is 1. The number of H-pyrrole nitrogens is 1. The average Bonchev–Trinajstić information content (AvgIpc) is 3.72. The first kappa shape index (κ1) is 30.4. The summed E-state index contributed by atoms with van der Waals surface area (Å²) in [6, 6.07) is 0. The van der Waals surface area contributed by atoms with Gasteiger partial charge in [-0.3, -0.25) is 32.1 Å². The van der Waals surface area contributed by atoms with E-state index in [1.54, 1.807) is 0 Å². The number of nitrogens with zero attached hydrogens (tertiary/aromatic N) is 7. The number of phosphoric acid groups is 1. The molecule has 6 N–H and O–H groups in total. The van der Waals surface area contributed by atoms with Crippen LogP contribution in [0.1, 0.15) is 24.7 Å². The molecule has 242 valence electrons. The van der Waals surface area contributed by atoms with E-state index >= 15 is 4.39 Å². The Labute approximate surface area is 250 Å². The quantitative estimate of drug-likeness (QED) is 0.173. The van der Waals surface area contributed by atoms with Crippen LogP contribution in [0.2, 0.25) is 0 Å². The van der Waals surface area contributed by atoms with Gasteiger partial charge in [0, 0.05) is 0 Å². The van der Waals surface area contributed by atoms with Gasteiger partial charge >= 0.3 is 15.4 Å². The number of nitrogen functional groups attached to an aromatic ring is 1. The maximum atomic E-state index is 15.9. The lowest BCUT2D eigenvalue weighted by Crippen LogP contribution is -2.35. The molecule has 0 amide bonds. The number of hydrogen-bond acceptors (Lipinski definition) is 15. The van der Waals surface area contributed by atoms with Crippen LogP contribution in [0.25, 0.3) is 22.3 Å². The number of phosphoric ester groups is 1. The minimum atomic E-state index is -5.07. The van der Waals surface area contributed by atoms with Gasteiger partial charge in [-0.2, -0.15) is 0 Å². The lowest BCUT2D eigenvalue weighted by Gasteiger charge is -2.25. The molecular formula is C22H26FN9O11P2. The number of imidazole rings is 2. The number of ether oxygens (including phenoxy) is 2. The molecule has 3 aliphatic heterocycles. The van der Waals surface area contributed by atoms with Crippen molar-refractivity contribution >= 4 is 43.6 Å². The highest BCUT2D eigenvalue weighted by Crippen LogP contribution is 2.54. The number of aliphatic hydroxyl groups excluding tert-OH is 1. The van der Waals surface area contributed by atoms with Crippen LogP contribution in [0.15, 0.2) is 23.8 Å². The second kappa shape index (κ2) is 10.9. The molecule has 7 rings (SSSR count). The number of aromatic nitrogens is 8. The third-order valence-electron chi connectivity index (χ3n) is 7.71. The maximum absolute atomic E-state index is 15.9. The SMILES string of the molecule is Cc1nc2c(ncn2C2OC3COP(=O)(O)OC4C(CCP(=O)(O)OC2C3O)OC(n2cnc3c(N)ncnc32)C4F)c(=O)[nH]1. The number of hydrogen-bond donors (Lipinski definition) is 5. The van der Waals surface area contributed by atoms with Gasteiger partial charge in [0.05, 0.1) is 31.5 Å². The van der Waals surface area contributed by atoms with E-state index < -0.39 is 89.3 Å². The van der Waals surface area contributed by atoms with Crippen molar-refractivity contribution in [3.63, 3.8) is 0 Å². The third-order valence-corrected chi connectivity index (χ3v) is 10.1. The molecule has 4 aromatic heterocycles. The molecule has 20 nitrogen and oxygen atoms in total. The zero-order chi connectivity index (χ0) is 31.8. The number of nitrogens with one attached hydrogen (secondary N) is 1. The molecule has 10 atom stereocenters. The van der Waals surface area contributed by atoms with Crippen LogP contribution in [0, 0.1) is 6.92 Å². The zero-order valence-corrected chi connectivity index (χ0v) is 24.8. The second-order valence-electron chi connectivity index (χ2n) is 10.7. The minimum Gasteiger partial charge on any atom is -0.387 e. The number of aryl methyl sites for hydroxylation is 1. The van der Waals surface area contributed by atoms with Crippen LogP contribution in [0.4, 0.5) is 10.2 Å². The molecule has 3 saturated heterocycles. The Hall–Kier alpha value is -3.23. The molecule has 0 aliphatic carbocycles. The maximum Gasteiger partial charge on any atom is 0.472 e. The molecule has 2 bridgehead atoms. The molecule has 4 aromatic rings. The number of fused-ring (bicyclic) bond motifs is 5. The van der Waals surface area contributed by atoms with Gasteiger partial charge in [-0.05, 0) is 13.3 Å². The molecule has 45 heavy (non-hydrogen) atoms.